The molecule has 2 N–H and O–H groups in total. The number of amides is 2. The fourth-order valence-corrected chi connectivity index (χ4v) is 2.71. The number of hydrogen-bond acceptors (Lipinski definition) is 3. The average molecular weight is 336 g/mol. The first kappa shape index (κ1) is 16.7. The van der Waals surface area contributed by atoms with Crippen molar-refractivity contribution in [3.63, 3.8) is 0 Å². The van der Waals surface area contributed by atoms with Crippen LogP contribution in [0.1, 0.15) is 21.6 Å². The molecule has 0 aliphatic heterocycles. The highest BCUT2D eigenvalue weighted by atomic mass is 16.2. The van der Waals surface area contributed by atoms with E-state index in [2.05, 4.69) is 15.5 Å². The normalized spacial score (nSPS) is 10.6. The minimum atomic E-state index is -0.204. The second-order valence-corrected chi connectivity index (χ2v) is 5.90. The van der Waals surface area contributed by atoms with E-state index in [1.807, 2.05) is 49.4 Å². The SMILES string of the molecule is CNC(=O)CN(Cc1ccccc1)C(=O)c1ccc2n[nH]c(C)c2c1. The van der Waals surface area contributed by atoms with Gasteiger partial charge in [-0.3, -0.25) is 14.7 Å². The number of aromatic amines is 1. The van der Waals surface area contributed by atoms with Crippen molar-refractivity contribution in [2.45, 2.75) is 13.5 Å². The Balaban J connectivity index is 1.90. The van der Waals surface area contributed by atoms with E-state index in [1.54, 1.807) is 18.0 Å². The first-order valence-electron chi connectivity index (χ1n) is 8.07. The Bertz CT molecular complexity index is 902. The number of carbonyl (C=O) groups is 2. The van der Waals surface area contributed by atoms with E-state index in [0.717, 1.165) is 22.2 Å². The van der Waals surface area contributed by atoms with E-state index >= 15 is 0 Å². The summed E-state index contributed by atoms with van der Waals surface area (Å²) in [4.78, 5) is 26.4. The van der Waals surface area contributed by atoms with E-state index in [0.29, 0.717) is 12.1 Å². The number of benzene rings is 2. The fourth-order valence-electron chi connectivity index (χ4n) is 2.71. The number of nitrogens with zero attached hydrogens (tertiary/aromatic N) is 2. The minimum absolute atomic E-state index is 0.00658. The predicted octanol–water partition coefficient (Wildman–Crippen LogP) is 2.26. The average Bonchev–Trinajstić information content (AvgIpc) is 3.01. The zero-order valence-electron chi connectivity index (χ0n) is 14.2. The Labute approximate surface area is 145 Å². The maximum absolute atomic E-state index is 13.0. The summed E-state index contributed by atoms with van der Waals surface area (Å²) in [5.74, 6) is -0.389. The number of carbonyl (C=O) groups excluding carboxylic acids is 2. The second kappa shape index (κ2) is 7.17. The quantitative estimate of drug-likeness (QED) is 0.750. The third-order valence-electron chi connectivity index (χ3n) is 4.11. The van der Waals surface area contributed by atoms with Crippen LogP contribution >= 0.6 is 0 Å². The van der Waals surface area contributed by atoms with Crippen LogP contribution in [0.15, 0.2) is 48.5 Å². The molecular formula is C19H20N4O2. The highest BCUT2D eigenvalue weighted by Crippen LogP contribution is 2.19. The lowest BCUT2D eigenvalue weighted by molar-refractivity contribution is -0.121. The van der Waals surface area contributed by atoms with Gasteiger partial charge in [0.2, 0.25) is 5.91 Å². The Morgan fingerprint density at radius 3 is 2.64 bits per heavy atom. The Morgan fingerprint density at radius 2 is 1.92 bits per heavy atom. The molecule has 0 bridgehead atoms. The Hall–Kier alpha value is -3.15. The summed E-state index contributed by atoms with van der Waals surface area (Å²) < 4.78 is 0. The zero-order chi connectivity index (χ0) is 17.8. The Kier molecular flexibility index (Phi) is 4.79. The molecule has 25 heavy (non-hydrogen) atoms. The smallest absolute Gasteiger partial charge is 0.254 e. The lowest BCUT2D eigenvalue weighted by Gasteiger charge is -2.22. The van der Waals surface area contributed by atoms with Crippen LogP contribution in [-0.4, -0.2) is 40.5 Å². The molecule has 3 rings (SSSR count). The zero-order valence-corrected chi connectivity index (χ0v) is 14.2. The highest BCUT2D eigenvalue weighted by molar-refractivity contribution is 5.99. The fraction of sp³-hybridized carbons (Fsp3) is 0.211. The van der Waals surface area contributed by atoms with Gasteiger partial charge >= 0.3 is 0 Å². The van der Waals surface area contributed by atoms with Crippen LogP contribution < -0.4 is 5.32 Å². The van der Waals surface area contributed by atoms with Crippen molar-refractivity contribution in [3.05, 3.63) is 65.4 Å². The summed E-state index contributed by atoms with van der Waals surface area (Å²) in [7, 11) is 1.56. The van der Waals surface area contributed by atoms with Gasteiger partial charge in [0.1, 0.15) is 6.54 Å². The van der Waals surface area contributed by atoms with E-state index < -0.39 is 0 Å². The minimum Gasteiger partial charge on any atom is -0.358 e. The molecule has 6 nitrogen and oxygen atoms in total. The molecule has 0 unspecified atom stereocenters. The number of aryl methyl sites for hydroxylation is 1. The predicted molar refractivity (Wildman–Crippen MR) is 96.1 cm³/mol. The van der Waals surface area contributed by atoms with Gasteiger partial charge in [0.15, 0.2) is 0 Å². The number of nitrogens with one attached hydrogen (secondary N) is 2. The van der Waals surface area contributed by atoms with Crippen LogP contribution in [0, 0.1) is 6.92 Å². The van der Waals surface area contributed by atoms with Gasteiger partial charge in [-0.1, -0.05) is 30.3 Å². The summed E-state index contributed by atoms with van der Waals surface area (Å²) in [6, 6.07) is 15.0. The topological polar surface area (TPSA) is 78.1 Å². The molecule has 0 atom stereocenters. The van der Waals surface area contributed by atoms with E-state index in [9.17, 15) is 9.59 Å². The molecule has 0 fully saturated rings. The van der Waals surface area contributed by atoms with Gasteiger partial charge in [-0.2, -0.15) is 5.10 Å². The van der Waals surface area contributed by atoms with Crippen molar-refractivity contribution in [1.82, 2.24) is 20.4 Å². The van der Waals surface area contributed by atoms with Crippen LogP contribution in [0.4, 0.5) is 0 Å². The molecule has 3 aromatic rings. The van der Waals surface area contributed by atoms with Gasteiger partial charge < -0.3 is 10.2 Å². The molecule has 0 aliphatic rings. The Morgan fingerprint density at radius 1 is 1.16 bits per heavy atom. The van der Waals surface area contributed by atoms with Crippen LogP contribution in [0.3, 0.4) is 0 Å². The molecule has 128 valence electrons. The van der Waals surface area contributed by atoms with Crippen molar-refractivity contribution >= 4 is 22.7 Å². The lowest BCUT2D eigenvalue weighted by Crippen LogP contribution is -2.39. The second-order valence-electron chi connectivity index (χ2n) is 5.90. The van der Waals surface area contributed by atoms with Crippen molar-refractivity contribution in [3.8, 4) is 0 Å². The lowest BCUT2D eigenvalue weighted by atomic mass is 10.1. The van der Waals surface area contributed by atoms with Crippen LogP contribution in [0.25, 0.3) is 10.9 Å². The van der Waals surface area contributed by atoms with Gasteiger partial charge in [-0.25, -0.2) is 0 Å². The molecule has 6 heteroatoms. The van der Waals surface area contributed by atoms with Gasteiger partial charge in [-0.15, -0.1) is 0 Å². The molecule has 2 aromatic carbocycles. The van der Waals surface area contributed by atoms with Crippen LogP contribution in [-0.2, 0) is 11.3 Å². The summed E-state index contributed by atoms with van der Waals surface area (Å²) in [5, 5.41) is 10.6. The standard InChI is InChI=1S/C19H20N4O2/c1-13-16-10-15(8-9-17(16)22-21-13)19(25)23(12-18(24)20-2)11-14-6-4-3-5-7-14/h3-10H,11-12H2,1-2H3,(H,20,24)(H,21,22). The van der Waals surface area contributed by atoms with Crippen molar-refractivity contribution in [2.24, 2.45) is 0 Å². The largest absolute Gasteiger partial charge is 0.358 e. The maximum atomic E-state index is 13.0. The molecule has 0 spiro atoms. The van der Waals surface area contributed by atoms with Gasteiger partial charge in [-0.05, 0) is 30.7 Å². The van der Waals surface area contributed by atoms with E-state index in [1.165, 1.54) is 0 Å². The van der Waals surface area contributed by atoms with E-state index in [-0.39, 0.29) is 18.4 Å². The molecule has 0 saturated carbocycles. The third-order valence-corrected chi connectivity index (χ3v) is 4.11. The van der Waals surface area contributed by atoms with Crippen LogP contribution in [0.5, 0.6) is 0 Å². The number of aromatic nitrogens is 2. The number of rotatable bonds is 5. The molecule has 2 amide bonds. The summed E-state index contributed by atoms with van der Waals surface area (Å²) in [5.41, 5.74) is 3.23. The molecule has 1 aromatic heterocycles. The molecule has 0 radical (unpaired) electrons. The molecule has 1 heterocycles. The van der Waals surface area contributed by atoms with Gasteiger partial charge in [0.25, 0.3) is 5.91 Å². The number of fused-ring (bicyclic) bond motifs is 1. The summed E-state index contributed by atoms with van der Waals surface area (Å²) in [6.07, 6.45) is 0. The number of H-pyrrole nitrogens is 1. The maximum Gasteiger partial charge on any atom is 0.254 e. The summed E-state index contributed by atoms with van der Waals surface area (Å²) >= 11 is 0. The third kappa shape index (κ3) is 3.68. The van der Waals surface area contributed by atoms with Crippen molar-refractivity contribution < 1.29 is 9.59 Å². The van der Waals surface area contributed by atoms with Gasteiger partial charge in [0, 0.05) is 30.2 Å². The molecule has 0 saturated heterocycles. The number of hydrogen-bond donors (Lipinski definition) is 2. The van der Waals surface area contributed by atoms with Crippen molar-refractivity contribution in [1.29, 1.82) is 0 Å². The van der Waals surface area contributed by atoms with Gasteiger partial charge in [0.05, 0.1) is 5.52 Å². The first-order chi connectivity index (χ1) is 12.1. The number of likely N-dealkylation sites (N-methyl/N-ethyl adjacent to an activating group) is 1. The van der Waals surface area contributed by atoms with Crippen molar-refractivity contribution in [2.75, 3.05) is 13.6 Å². The van der Waals surface area contributed by atoms with E-state index in [4.69, 9.17) is 0 Å². The monoisotopic (exact) mass is 336 g/mol. The molecular weight excluding hydrogens is 316 g/mol. The van der Waals surface area contributed by atoms with Crippen LogP contribution in [0.2, 0.25) is 0 Å². The summed E-state index contributed by atoms with van der Waals surface area (Å²) in [6.45, 7) is 2.29. The highest BCUT2D eigenvalue weighted by Gasteiger charge is 2.19. The first-order valence-corrected chi connectivity index (χ1v) is 8.07. The molecule has 0 aliphatic carbocycles.